The summed E-state index contributed by atoms with van der Waals surface area (Å²) in [7, 11) is 0. The van der Waals surface area contributed by atoms with Gasteiger partial charge in [-0.3, -0.25) is 0 Å². The van der Waals surface area contributed by atoms with Crippen molar-refractivity contribution in [2.24, 2.45) is 46.3 Å². The van der Waals surface area contributed by atoms with Crippen LogP contribution >= 0.6 is 0 Å². The minimum absolute atomic E-state index is 0.105. The highest BCUT2D eigenvalue weighted by atomic mass is 16.7. The van der Waals surface area contributed by atoms with E-state index >= 15 is 0 Å². The lowest BCUT2D eigenvalue weighted by Crippen LogP contribution is -2.36. The van der Waals surface area contributed by atoms with E-state index in [1.807, 2.05) is 6.92 Å². The number of carbonyl (C=O) groups excluding carboxylic acids is 3. The Morgan fingerprint density at radius 3 is 1.76 bits per heavy atom. The van der Waals surface area contributed by atoms with E-state index in [1.165, 1.54) is 50.7 Å². The maximum absolute atomic E-state index is 13.0. The highest BCUT2D eigenvalue weighted by molar-refractivity contribution is 5.92. The summed E-state index contributed by atoms with van der Waals surface area (Å²) in [6.45, 7) is 21.6. The van der Waals surface area contributed by atoms with Crippen molar-refractivity contribution in [2.45, 2.75) is 126 Å². The molecule has 0 radical (unpaired) electrons. The fourth-order valence-corrected chi connectivity index (χ4v) is 9.67. The van der Waals surface area contributed by atoms with Crippen molar-refractivity contribution in [2.75, 3.05) is 6.61 Å². The van der Waals surface area contributed by atoms with Crippen LogP contribution in [0.15, 0.2) is 84.9 Å². The van der Waals surface area contributed by atoms with E-state index in [-0.39, 0.29) is 34.5 Å². The number of esters is 2. The molecule has 0 N–H and O–H groups in total. The average molecular weight is 809 g/mol. The van der Waals surface area contributed by atoms with Gasteiger partial charge in [-0.1, -0.05) is 93.2 Å². The van der Waals surface area contributed by atoms with Crippen LogP contribution in [0.1, 0.15) is 141 Å². The second-order valence-corrected chi connectivity index (χ2v) is 18.4. The first-order valence-electron chi connectivity index (χ1n) is 22.1. The molecule has 2 unspecified atom stereocenters. The van der Waals surface area contributed by atoms with E-state index < -0.39 is 18.1 Å². The molecule has 59 heavy (non-hydrogen) atoms. The van der Waals surface area contributed by atoms with E-state index in [0.717, 1.165) is 37.0 Å². The van der Waals surface area contributed by atoms with Gasteiger partial charge in [0.25, 0.3) is 0 Å². The van der Waals surface area contributed by atoms with Crippen LogP contribution in [0.3, 0.4) is 0 Å². The minimum atomic E-state index is -0.748. The van der Waals surface area contributed by atoms with Crippen molar-refractivity contribution >= 4 is 18.1 Å². The molecule has 3 aromatic carbocycles. The molecule has 320 valence electrons. The third-order valence-corrected chi connectivity index (χ3v) is 13.5. The fraction of sp³-hybridized carbons (Fsp3) is 0.549. The Kier molecular flexibility index (Phi) is 15.9. The van der Waals surface area contributed by atoms with E-state index in [1.54, 1.807) is 60.7 Å². The van der Waals surface area contributed by atoms with E-state index in [0.29, 0.717) is 40.9 Å². The predicted molar refractivity (Wildman–Crippen MR) is 233 cm³/mol. The summed E-state index contributed by atoms with van der Waals surface area (Å²) in [4.78, 5) is 38.4. The molecular weight excluding hydrogens is 741 g/mol. The predicted octanol–water partition coefficient (Wildman–Crippen LogP) is 13.3. The molecule has 0 bridgehead atoms. The first-order valence-corrected chi connectivity index (χ1v) is 22.1. The highest BCUT2D eigenvalue weighted by Crippen LogP contribution is 2.56. The van der Waals surface area contributed by atoms with Crippen molar-refractivity contribution in [3.8, 4) is 23.0 Å². The fourth-order valence-electron chi connectivity index (χ4n) is 9.67. The molecule has 2 fully saturated rings. The largest absolute Gasteiger partial charge is 0.514 e. The molecule has 8 nitrogen and oxygen atoms in total. The van der Waals surface area contributed by atoms with Crippen molar-refractivity contribution in [1.29, 1.82) is 0 Å². The van der Waals surface area contributed by atoms with Crippen LogP contribution < -0.4 is 18.9 Å². The second kappa shape index (κ2) is 20.6. The van der Waals surface area contributed by atoms with Gasteiger partial charge in [-0.25, -0.2) is 14.4 Å². The molecule has 8 heteroatoms. The van der Waals surface area contributed by atoms with Crippen molar-refractivity contribution in [1.82, 2.24) is 0 Å². The van der Waals surface area contributed by atoms with Crippen LogP contribution in [0, 0.1) is 46.3 Å². The smallest absolute Gasteiger partial charge is 0.494 e. The standard InChI is InChI=1S/C51H68O8/c1-10-51(9)45(35(5)14-12-13-34(3)4)29-30-46(51)36(6)15-20-39-33-44(31-32-50(39,7)8)59-49(54)58-43-23-18-38(19-24-43)48(53)57-42-27-25-41(26-28-42)56-47(52)37-16-21-40(22-17-37)55-11-2/h15-28,34-36,39,44-46H,10-14,29-33H2,1-9H3/b20-15-/t35-,36+,39?,44?,45-,46+,51-/m0/s1. The Morgan fingerprint density at radius 1 is 0.695 bits per heavy atom. The third-order valence-electron chi connectivity index (χ3n) is 13.5. The number of hydrogen-bond donors (Lipinski definition) is 0. The zero-order valence-corrected chi connectivity index (χ0v) is 37.0. The zero-order valence-electron chi connectivity index (χ0n) is 37.0. The van der Waals surface area contributed by atoms with Gasteiger partial charge in [0.2, 0.25) is 0 Å². The summed E-state index contributed by atoms with van der Waals surface area (Å²) in [5.74, 6) is 4.19. The first-order chi connectivity index (χ1) is 28.1. The molecule has 5 rings (SSSR count). The van der Waals surface area contributed by atoms with Gasteiger partial charge in [-0.15, -0.1) is 0 Å². The van der Waals surface area contributed by atoms with Crippen molar-refractivity contribution in [3.63, 3.8) is 0 Å². The van der Waals surface area contributed by atoms with Crippen molar-refractivity contribution < 1.29 is 38.1 Å². The lowest BCUT2D eigenvalue weighted by Gasteiger charge is -2.42. The molecule has 7 atom stereocenters. The molecule has 0 saturated heterocycles. The molecule has 0 aliphatic heterocycles. The molecule has 0 spiro atoms. The van der Waals surface area contributed by atoms with E-state index in [2.05, 4.69) is 67.5 Å². The van der Waals surface area contributed by atoms with Crippen LogP contribution in [0.5, 0.6) is 23.0 Å². The summed E-state index contributed by atoms with van der Waals surface area (Å²) in [6, 6.07) is 19.0. The normalized spacial score (nSPS) is 23.7. The molecule has 0 aromatic heterocycles. The zero-order chi connectivity index (χ0) is 42.7. The minimum Gasteiger partial charge on any atom is -0.494 e. The number of rotatable bonds is 17. The lowest BCUT2D eigenvalue weighted by atomic mass is 9.63. The second-order valence-electron chi connectivity index (χ2n) is 18.4. The highest BCUT2D eigenvalue weighted by Gasteiger charge is 2.48. The Morgan fingerprint density at radius 2 is 1.22 bits per heavy atom. The van der Waals surface area contributed by atoms with Gasteiger partial charge in [-0.2, -0.15) is 0 Å². The summed E-state index contributed by atoms with van der Waals surface area (Å²) >= 11 is 0. The Hall–Kier alpha value is -4.59. The number of benzene rings is 3. The topological polar surface area (TPSA) is 97.4 Å². The molecule has 0 amide bonds. The van der Waals surface area contributed by atoms with Gasteiger partial charge in [0.15, 0.2) is 0 Å². The SMILES string of the molecule is CCOc1ccc(C(=O)Oc2ccc(OC(=O)c3ccc(OC(=O)OC4CCC(C)(C)C(/C=C\[C@@H](C)[C@H]5CC[C@@H]([C@@H](C)CCCC(C)C)[C@]5(C)CC)C4)cc3)cc2)cc1. The first kappa shape index (κ1) is 45.5. The summed E-state index contributed by atoms with van der Waals surface area (Å²) in [6.07, 6.45) is 14.2. The van der Waals surface area contributed by atoms with E-state index in [4.69, 9.17) is 23.7 Å². The van der Waals surface area contributed by atoms with Gasteiger partial charge in [0.05, 0.1) is 17.7 Å². The van der Waals surface area contributed by atoms with Gasteiger partial charge in [0, 0.05) is 0 Å². The number of hydrogen-bond acceptors (Lipinski definition) is 8. The lowest BCUT2D eigenvalue weighted by molar-refractivity contribution is 0.00571. The number of carbonyl (C=O) groups is 3. The Labute approximate surface area is 353 Å². The number of ether oxygens (including phenoxy) is 5. The number of allylic oxidation sites excluding steroid dienone is 2. The van der Waals surface area contributed by atoms with Crippen LogP contribution in [0.2, 0.25) is 0 Å². The maximum Gasteiger partial charge on any atom is 0.514 e. The van der Waals surface area contributed by atoms with Crippen LogP contribution in [0.25, 0.3) is 0 Å². The molecule has 2 aliphatic rings. The summed E-state index contributed by atoms with van der Waals surface area (Å²) in [5.41, 5.74) is 1.11. The summed E-state index contributed by atoms with van der Waals surface area (Å²) < 4.78 is 27.8. The molecular formula is C51H68O8. The Balaban J connectivity index is 1.09. The average Bonchev–Trinajstić information content (AvgIpc) is 3.56. The molecule has 3 aromatic rings. The molecule has 2 aliphatic carbocycles. The van der Waals surface area contributed by atoms with Gasteiger partial charge in [-0.05, 0) is 158 Å². The third kappa shape index (κ3) is 12.2. The van der Waals surface area contributed by atoms with Crippen molar-refractivity contribution in [3.05, 3.63) is 96.1 Å². The van der Waals surface area contributed by atoms with E-state index in [9.17, 15) is 14.4 Å². The van der Waals surface area contributed by atoms with Crippen LogP contribution in [0.4, 0.5) is 4.79 Å². The summed E-state index contributed by atoms with van der Waals surface area (Å²) in [5, 5.41) is 0. The molecule has 0 heterocycles. The van der Waals surface area contributed by atoms with Gasteiger partial charge < -0.3 is 23.7 Å². The van der Waals surface area contributed by atoms with Gasteiger partial charge >= 0.3 is 18.1 Å². The maximum atomic E-state index is 13.0. The van der Waals surface area contributed by atoms with Gasteiger partial charge in [0.1, 0.15) is 29.1 Å². The van der Waals surface area contributed by atoms with Crippen LogP contribution in [-0.4, -0.2) is 30.8 Å². The Bertz CT molecular complexity index is 1840. The molecule has 2 saturated carbocycles. The quantitative estimate of drug-likeness (QED) is 0.0575. The monoisotopic (exact) mass is 808 g/mol. The van der Waals surface area contributed by atoms with Crippen LogP contribution in [-0.2, 0) is 4.74 Å².